The van der Waals surface area contributed by atoms with Crippen LogP contribution < -0.4 is 5.32 Å². The third-order valence-corrected chi connectivity index (χ3v) is 4.15. The number of nitrogens with zero attached hydrogens (tertiary/aromatic N) is 2. The number of carbonyl (C=O) groups excluding carboxylic acids is 1. The zero-order valence-electron chi connectivity index (χ0n) is 13.0. The quantitative estimate of drug-likeness (QED) is 0.755. The van der Waals surface area contributed by atoms with E-state index < -0.39 is 12.0 Å². The van der Waals surface area contributed by atoms with Gasteiger partial charge in [-0.3, -0.25) is 9.48 Å². The Balaban J connectivity index is 2.54. The fourth-order valence-electron chi connectivity index (χ4n) is 2.18. The van der Waals surface area contributed by atoms with Crippen LogP contribution in [0, 0.1) is 13.8 Å². The minimum atomic E-state index is -0.980. The lowest BCUT2D eigenvalue weighted by Crippen LogP contribution is -2.41. The average molecular weight is 313 g/mol. The normalized spacial score (nSPS) is 12.2. The lowest BCUT2D eigenvalue weighted by Gasteiger charge is -2.13. The van der Waals surface area contributed by atoms with Crippen LogP contribution in [0.5, 0.6) is 0 Å². The molecule has 1 rings (SSSR count). The predicted molar refractivity (Wildman–Crippen MR) is 83.6 cm³/mol. The van der Waals surface area contributed by atoms with Crippen LogP contribution >= 0.6 is 11.8 Å². The van der Waals surface area contributed by atoms with Gasteiger partial charge in [-0.25, -0.2) is 4.79 Å². The first-order chi connectivity index (χ1) is 9.86. The summed E-state index contributed by atoms with van der Waals surface area (Å²) in [5.74, 6) is -0.504. The second-order valence-corrected chi connectivity index (χ2v) is 6.00. The van der Waals surface area contributed by atoms with Gasteiger partial charge in [0.2, 0.25) is 5.91 Å². The SMILES string of the molecule is CSCC[C@H](NC(=O)CCc1c(C)nn(C)c1C)C(=O)O. The molecule has 0 aromatic carbocycles. The lowest BCUT2D eigenvalue weighted by atomic mass is 10.1. The molecule has 0 aliphatic rings. The van der Waals surface area contributed by atoms with Crippen molar-refractivity contribution in [3.8, 4) is 0 Å². The summed E-state index contributed by atoms with van der Waals surface area (Å²) >= 11 is 1.57. The fraction of sp³-hybridized carbons (Fsp3) is 0.643. The highest BCUT2D eigenvalue weighted by atomic mass is 32.2. The monoisotopic (exact) mass is 313 g/mol. The van der Waals surface area contributed by atoms with Crippen LogP contribution in [0.2, 0.25) is 0 Å². The lowest BCUT2D eigenvalue weighted by molar-refractivity contribution is -0.141. The topological polar surface area (TPSA) is 84.2 Å². The van der Waals surface area contributed by atoms with Crippen molar-refractivity contribution in [1.82, 2.24) is 15.1 Å². The molecular formula is C14H23N3O3S. The minimum absolute atomic E-state index is 0.230. The molecule has 0 saturated carbocycles. The number of hydrogen-bond donors (Lipinski definition) is 2. The van der Waals surface area contributed by atoms with Gasteiger partial charge in [0, 0.05) is 19.2 Å². The largest absolute Gasteiger partial charge is 0.480 e. The van der Waals surface area contributed by atoms with Crippen LogP contribution in [0.15, 0.2) is 0 Å². The molecule has 7 heteroatoms. The Morgan fingerprint density at radius 2 is 2.10 bits per heavy atom. The summed E-state index contributed by atoms with van der Waals surface area (Å²) in [4.78, 5) is 23.0. The van der Waals surface area contributed by atoms with E-state index in [0.717, 1.165) is 17.0 Å². The van der Waals surface area contributed by atoms with Gasteiger partial charge in [0.1, 0.15) is 6.04 Å². The number of hydrogen-bond acceptors (Lipinski definition) is 4. The van der Waals surface area contributed by atoms with Crippen molar-refractivity contribution in [1.29, 1.82) is 0 Å². The Morgan fingerprint density at radius 3 is 2.57 bits per heavy atom. The molecule has 0 aliphatic carbocycles. The van der Waals surface area contributed by atoms with Crippen molar-refractivity contribution in [3.05, 3.63) is 17.0 Å². The highest BCUT2D eigenvalue weighted by Gasteiger charge is 2.19. The number of rotatable bonds is 8. The van der Waals surface area contributed by atoms with E-state index in [1.165, 1.54) is 0 Å². The smallest absolute Gasteiger partial charge is 0.326 e. The van der Waals surface area contributed by atoms with Gasteiger partial charge in [0.05, 0.1) is 5.69 Å². The maximum Gasteiger partial charge on any atom is 0.326 e. The number of aryl methyl sites for hydroxylation is 2. The Labute approximate surface area is 129 Å². The van der Waals surface area contributed by atoms with Crippen LogP contribution in [0.1, 0.15) is 29.8 Å². The molecule has 0 aliphatic heterocycles. The zero-order chi connectivity index (χ0) is 16.0. The van der Waals surface area contributed by atoms with E-state index in [2.05, 4.69) is 10.4 Å². The summed E-state index contributed by atoms with van der Waals surface area (Å²) in [6.07, 6.45) is 3.20. The third kappa shape index (κ3) is 5.08. The van der Waals surface area contributed by atoms with Crippen molar-refractivity contribution in [2.45, 2.75) is 39.2 Å². The number of nitrogens with one attached hydrogen (secondary N) is 1. The van der Waals surface area contributed by atoms with Gasteiger partial charge >= 0.3 is 5.97 Å². The number of carboxylic acid groups (broad SMARTS) is 1. The zero-order valence-corrected chi connectivity index (χ0v) is 13.8. The van der Waals surface area contributed by atoms with Crippen molar-refractivity contribution in [3.63, 3.8) is 0 Å². The van der Waals surface area contributed by atoms with E-state index in [4.69, 9.17) is 5.11 Å². The van der Waals surface area contributed by atoms with Crippen molar-refractivity contribution < 1.29 is 14.7 Å². The summed E-state index contributed by atoms with van der Waals surface area (Å²) in [6, 6.07) is -0.805. The summed E-state index contributed by atoms with van der Waals surface area (Å²) in [5, 5.41) is 16.0. The fourth-order valence-corrected chi connectivity index (χ4v) is 2.65. The molecule has 1 aromatic heterocycles. The molecule has 0 unspecified atom stereocenters. The van der Waals surface area contributed by atoms with Crippen LogP contribution in [-0.2, 0) is 23.1 Å². The molecule has 1 atom stereocenters. The van der Waals surface area contributed by atoms with E-state index in [1.54, 1.807) is 16.4 Å². The first-order valence-electron chi connectivity index (χ1n) is 6.87. The first-order valence-corrected chi connectivity index (χ1v) is 8.26. The van der Waals surface area contributed by atoms with Crippen molar-refractivity contribution in [2.75, 3.05) is 12.0 Å². The molecule has 21 heavy (non-hydrogen) atoms. The Hall–Kier alpha value is -1.50. The summed E-state index contributed by atoms with van der Waals surface area (Å²) < 4.78 is 1.79. The van der Waals surface area contributed by atoms with Gasteiger partial charge in [0.25, 0.3) is 0 Å². The summed E-state index contributed by atoms with van der Waals surface area (Å²) in [7, 11) is 1.87. The second-order valence-electron chi connectivity index (χ2n) is 5.01. The maximum absolute atomic E-state index is 11.9. The van der Waals surface area contributed by atoms with Gasteiger partial charge < -0.3 is 10.4 Å². The van der Waals surface area contributed by atoms with Gasteiger partial charge in [-0.2, -0.15) is 16.9 Å². The van der Waals surface area contributed by atoms with Crippen molar-refractivity contribution >= 4 is 23.6 Å². The minimum Gasteiger partial charge on any atom is -0.480 e. The first kappa shape index (κ1) is 17.6. The number of carbonyl (C=O) groups is 2. The molecule has 118 valence electrons. The maximum atomic E-state index is 11.9. The van der Waals surface area contributed by atoms with E-state index >= 15 is 0 Å². The number of thioether (sulfide) groups is 1. The molecule has 1 amide bonds. The predicted octanol–water partition coefficient (Wildman–Crippen LogP) is 1.29. The number of carboxylic acids is 1. The number of amides is 1. The van der Waals surface area contributed by atoms with Crippen molar-refractivity contribution in [2.24, 2.45) is 7.05 Å². The van der Waals surface area contributed by atoms with Gasteiger partial charge in [-0.05, 0) is 44.3 Å². The second kappa shape index (κ2) is 8.07. The summed E-state index contributed by atoms with van der Waals surface area (Å²) in [5.41, 5.74) is 3.01. The Morgan fingerprint density at radius 1 is 1.43 bits per heavy atom. The molecule has 2 N–H and O–H groups in total. The molecule has 1 aromatic rings. The van der Waals surface area contributed by atoms with Gasteiger partial charge in [-0.15, -0.1) is 0 Å². The highest BCUT2D eigenvalue weighted by Crippen LogP contribution is 2.14. The van der Waals surface area contributed by atoms with E-state index in [9.17, 15) is 9.59 Å². The molecule has 0 radical (unpaired) electrons. The van der Waals surface area contributed by atoms with Crippen LogP contribution in [-0.4, -0.2) is 44.8 Å². The number of aromatic nitrogens is 2. The third-order valence-electron chi connectivity index (χ3n) is 3.50. The van der Waals surface area contributed by atoms with Crippen LogP contribution in [0.3, 0.4) is 0 Å². The molecule has 1 heterocycles. The number of aliphatic carboxylic acids is 1. The average Bonchev–Trinajstić information content (AvgIpc) is 2.66. The van der Waals surface area contributed by atoms with Crippen LogP contribution in [0.25, 0.3) is 0 Å². The standard InChI is InChI=1S/C14H23N3O3S/c1-9-11(10(2)17(3)16-9)5-6-13(18)15-12(14(19)20)7-8-21-4/h12H,5-8H2,1-4H3,(H,15,18)(H,19,20)/t12-/m0/s1. The Bertz CT molecular complexity index is 514. The van der Waals surface area contributed by atoms with Gasteiger partial charge in [-0.1, -0.05) is 0 Å². The molecule has 0 fully saturated rings. The molecule has 0 saturated heterocycles. The highest BCUT2D eigenvalue weighted by molar-refractivity contribution is 7.98. The molecule has 6 nitrogen and oxygen atoms in total. The van der Waals surface area contributed by atoms with Crippen LogP contribution in [0.4, 0.5) is 0 Å². The molecule has 0 spiro atoms. The molecular weight excluding hydrogens is 290 g/mol. The van der Waals surface area contributed by atoms with E-state index in [0.29, 0.717) is 18.6 Å². The van der Waals surface area contributed by atoms with Gasteiger partial charge in [0.15, 0.2) is 0 Å². The van der Waals surface area contributed by atoms with E-state index in [-0.39, 0.29) is 12.3 Å². The Kier molecular flexibility index (Phi) is 6.74. The van der Waals surface area contributed by atoms with E-state index in [1.807, 2.05) is 27.2 Å². The molecule has 0 bridgehead atoms. The summed E-state index contributed by atoms with van der Waals surface area (Å²) in [6.45, 7) is 3.88.